The lowest BCUT2D eigenvalue weighted by Gasteiger charge is -2.43. The van der Waals surface area contributed by atoms with Crippen molar-refractivity contribution in [3.8, 4) is 11.3 Å². The predicted molar refractivity (Wildman–Crippen MR) is 127 cm³/mol. The summed E-state index contributed by atoms with van der Waals surface area (Å²) in [5.41, 5.74) is 0.204. The Kier molecular flexibility index (Phi) is 8.07. The van der Waals surface area contributed by atoms with Crippen molar-refractivity contribution < 1.29 is 37.7 Å². The van der Waals surface area contributed by atoms with Crippen LogP contribution in [0.15, 0.2) is 36.5 Å². The standard InChI is InChI=1S/C23H21Cl2F3N4O5/c1-31(13-6-11(24)5-12(25)7-13)23(35)22-21(36-2)19(20(34)17(9-33)37-22)32-8-16(29-30-32)10-3-14(26)18(28)15(27)4-10/h3-8,17,19-22,33-34H,9H2,1-2H3/t17-,19+,20+,21-,22-/m1/s1. The van der Waals surface area contributed by atoms with Crippen molar-refractivity contribution in [1.82, 2.24) is 15.0 Å². The Morgan fingerprint density at radius 1 is 1.16 bits per heavy atom. The van der Waals surface area contributed by atoms with E-state index in [2.05, 4.69) is 10.3 Å². The molecule has 1 amide bonds. The van der Waals surface area contributed by atoms with Gasteiger partial charge >= 0.3 is 0 Å². The quantitative estimate of drug-likeness (QED) is 0.446. The first kappa shape index (κ1) is 27.3. The summed E-state index contributed by atoms with van der Waals surface area (Å²) in [6, 6.07) is 4.88. The summed E-state index contributed by atoms with van der Waals surface area (Å²) in [5, 5.41) is 29.1. The number of amides is 1. The van der Waals surface area contributed by atoms with Gasteiger partial charge in [0.1, 0.15) is 30.0 Å². The van der Waals surface area contributed by atoms with Gasteiger partial charge in [-0.05, 0) is 30.3 Å². The largest absolute Gasteiger partial charge is 0.394 e. The number of anilines is 1. The van der Waals surface area contributed by atoms with Crippen LogP contribution in [0.5, 0.6) is 0 Å². The monoisotopic (exact) mass is 560 g/mol. The van der Waals surface area contributed by atoms with Crippen LogP contribution in [0.4, 0.5) is 18.9 Å². The van der Waals surface area contributed by atoms with Crippen LogP contribution in [-0.4, -0.2) is 76.3 Å². The summed E-state index contributed by atoms with van der Waals surface area (Å²) < 4.78 is 53.2. The molecule has 0 aliphatic carbocycles. The van der Waals surface area contributed by atoms with Gasteiger partial charge in [-0.3, -0.25) is 4.79 Å². The maximum absolute atomic E-state index is 13.7. The van der Waals surface area contributed by atoms with Crippen molar-refractivity contribution in [3.63, 3.8) is 0 Å². The van der Waals surface area contributed by atoms with Crippen molar-refractivity contribution in [2.75, 3.05) is 25.7 Å². The van der Waals surface area contributed by atoms with Crippen LogP contribution in [0.25, 0.3) is 11.3 Å². The lowest BCUT2D eigenvalue weighted by atomic mass is 9.91. The molecular weight excluding hydrogens is 540 g/mol. The first-order valence-electron chi connectivity index (χ1n) is 10.8. The summed E-state index contributed by atoms with van der Waals surface area (Å²) in [4.78, 5) is 14.7. The van der Waals surface area contributed by atoms with Crippen molar-refractivity contribution in [2.45, 2.75) is 30.5 Å². The fourth-order valence-electron chi connectivity index (χ4n) is 4.17. The first-order valence-corrected chi connectivity index (χ1v) is 11.6. The SMILES string of the molecule is CO[C@@H]1[C@@H](n2cc(-c3cc(F)c(F)c(F)c3)nn2)[C@@H](O)[C@@H](CO)O[C@H]1C(=O)N(C)c1cc(Cl)cc(Cl)c1. The van der Waals surface area contributed by atoms with E-state index < -0.39 is 60.4 Å². The molecule has 2 aromatic carbocycles. The molecule has 0 saturated carbocycles. The van der Waals surface area contributed by atoms with Gasteiger partial charge in [0.2, 0.25) is 0 Å². The zero-order chi connectivity index (χ0) is 27.0. The third-order valence-electron chi connectivity index (χ3n) is 6.04. The lowest BCUT2D eigenvalue weighted by Crippen LogP contribution is -2.60. The third kappa shape index (κ3) is 5.31. The third-order valence-corrected chi connectivity index (χ3v) is 6.48. The maximum atomic E-state index is 13.7. The molecule has 0 spiro atoms. The van der Waals surface area contributed by atoms with Gasteiger partial charge in [-0.2, -0.15) is 0 Å². The molecule has 9 nitrogen and oxygen atoms in total. The highest BCUT2D eigenvalue weighted by Gasteiger charge is 2.50. The van der Waals surface area contributed by atoms with Crippen molar-refractivity contribution in [3.05, 3.63) is 64.0 Å². The number of aromatic nitrogens is 3. The van der Waals surface area contributed by atoms with E-state index in [0.29, 0.717) is 15.7 Å². The molecule has 1 saturated heterocycles. The molecule has 2 N–H and O–H groups in total. The van der Waals surface area contributed by atoms with Crippen molar-refractivity contribution >= 4 is 34.8 Å². The van der Waals surface area contributed by atoms with E-state index in [1.54, 1.807) is 0 Å². The van der Waals surface area contributed by atoms with Gasteiger partial charge in [-0.1, -0.05) is 28.4 Å². The van der Waals surface area contributed by atoms with E-state index in [4.69, 9.17) is 32.7 Å². The lowest BCUT2D eigenvalue weighted by molar-refractivity contribution is -0.211. The van der Waals surface area contributed by atoms with Crippen LogP contribution in [0.1, 0.15) is 6.04 Å². The molecule has 1 aliphatic heterocycles. The Bertz CT molecular complexity index is 1270. The van der Waals surface area contributed by atoms with Crippen LogP contribution in [0, 0.1) is 17.5 Å². The molecule has 1 fully saturated rings. The van der Waals surface area contributed by atoms with Crippen LogP contribution in [0.3, 0.4) is 0 Å². The van der Waals surface area contributed by atoms with Gasteiger partial charge < -0.3 is 24.6 Å². The van der Waals surface area contributed by atoms with E-state index in [9.17, 15) is 28.2 Å². The summed E-state index contributed by atoms with van der Waals surface area (Å²) >= 11 is 12.1. The molecule has 0 unspecified atom stereocenters. The number of nitrogens with zero attached hydrogens (tertiary/aromatic N) is 4. The summed E-state index contributed by atoms with van der Waals surface area (Å²) in [5.74, 6) is -5.07. The number of methoxy groups -OCH3 is 1. The number of hydrogen-bond donors (Lipinski definition) is 2. The average molecular weight is 561 g/mol. The number of rotatable bonds is 6. The number of carbonyl (C=O) groups excluding carboxylic acids is 1. The predicted octanol–water partition coefficient (Wildman–Crippen LogP) is 3.01. The molecule has 1 aromatic heterocycles. The molecule has 1 aliphatic rings. The van der Waals surface area contributed by atoms with Gasteiger partial charge in [-0.25, -0.2) is 17.9 Å². The van der Waals surface area contributed by atoms with Gasteiger partial charge in [0.25, 0.3) is 5.91 Å². The zero-order valence-electron chi connectivity index (χ0n) is 19.4. The van der Waals surface area contributed by atoms with Crippen LogP contribution >= 0.6 is 23.2 Å². The van der Waals surface area contributed by atoms with E-state index in [0.717, 1.165) is 16.8 Å². The molecule has 4 rings (SSSR count). The number of ether oxygens (including phenoxy) is 2. The minimum atomic E-state index is -1.63. The minimum Gasteiger partial charge on any atom is -0.394 e. The Morgan fingerprint density at radius 3 is 2.35 bits per heavy atom. The normalized spacial score (nSPS) is 23.8. The Hall–Kier alpha value is -2.74. The highest BCUT2D eigenvalue weighted by Crippen LogP contribution is 2.35. The topological polar surface area (TPSA) is 110 Å². The van der Waals surface area contributed by atoms with Crippen molar-refractivity contribution in [2.24, 2.45) is 0 Å². The van der Waals surface area contributed by atoms with Crippen LogP contribution < -0.4 is 4.90 Å². The molecule has 14 heteroatoms. The fraction of sp³-hybridized carbons (Fsp3) is 0.348. The molecule has 3 aromatic rings. The summed E-state index contributed by atoms with van der Waals surface area (Å²) in [6.45, 7) is -0.652. The maximum Gasteiger partial charge on any atom is 0.258 e. The zero-order valence-corrected chi connectivity index (χ0v) is 20.9. The number of aliphatic hydroxyl groups is 2. The van der Waals surface area contributed by atoms with E-state index in [1.165, 1.54) is 43.5 Å². The highest BCUT2D eigenvalue weighted by molar-refractivity contribution is 6.35. The molecule has 0 bridgehead atoms. The van der Waals surface area contributed by atoms with Crippen LogP contribution in [-0.2, 0) is 14.3 Å². The number of likely N-dealkylation sites (N-methyl/N-ethyl adjacent to an activating group) is 1. The van der Waals surface area contributed by atoms with E-state index in [-0.39, 0.29) is 11.3 Å². The number of halogens is 5. The molecule has 37 heavy (non-hydrogen) atoms. The Morgan fingerprint density at radius 2 is 1.78 bits per heavy atom. The smallest absolute Gasteiger partial charge is 0.258 e. The second-order valence-electron chi connectivity index (χ2n) is 8.32. The van der Waals surface area contributed by atoms with E-state index >= 15 is 0 Å². The minimum absolute atomic E-state index is 0.0412. The second-order valence-corrected chi connectivity index (χ2v) is 9.19. The van der Waals surface area contributed by atoms with Crippen LogP contribution in [0.2, 0.25) is 10.0 Å². The summed E-state index contributed by atoms with van der Waals surface area (Å²) in [6.07, 6.45) is -3.91. The summed E-state index contributed by atoms with van der Waals surface area (Å²) in [7, 11) is 2.74. The molecule has 0 radical (unpaired) electrons. The van der Waals surface area contributed by atoms with Gasteiger partial charge in [0.05, 0.1) is 12.8 Å². The number of aliphatic hydroxyl groups excluding tert-OH is 2. The van der Waals surface area contributed by atoms with Crippen molar-refractivity contribution in [1.29, 1.82) is 0 Å². The molecule has 5 atom stereocenters. The van der Waals surface area contributed by atoms with Gasteiger partial charge in [0.15, 0.2) is 23.6 Å². The highest BCUT2D eigenvalue weighted by atomic mass is 35.5. The molecule has 198 valence electrons. The number of carbonyl (C=O) groups is 1. The molecular formula is C23H21Cl2F3N4O5. The van der Waals surface area contributed by atoms with E-state index in [1.807, 2.05) is 0 Å². The van der Waals surface area contributed by atoms with Gasteiger partial charge in [0, 0.05) is 35.5 Å². The Labute approximate surface area is 218 Å². The average Bonchev–Trinajstić information content (AvgIpc) is 3.35. The Balaban J connectivity index is 1.69. The van der Waals surface area contributed by atoms with Gasteiger partial charge in [-0.15, -0.1) is 5.10 Å². The number of benzene rings is 2. The first-order chi connectivity index (χ1) is 17.5. The molecule has 2 heterocycles. The fourth-order valence-corrected chi connectivity index (χ4v) is 4.68. The second kappa shape index (κ2) is 10.9. The number of hydrogen-bond acceptors (Lipinski definition) is 7.